The normalized spacial score (nSPS) is 21.6. The van der Waals surface area contributed by atoms with Crippen LogP contribution in [0.4, 0.5) is 10.5 Å². The van der Waals surface area contributed by atoms with Gasteiger partial charge in [0.15, 0.2) is 0 Å². The summed E-state index contributed by atoms with van der Waals surface area (Å²) in [6, 6.07) is 6.00. The molecule has 9 heteroatoms. The molecule has 0 N–H and O–H groups in total. The Balaban J connectivity index is 1.45. The van der Waals surface area contributed by atoms with E-state index < -0.39 is 11.1 Å². The standard InChI is InChI=1S/C21H25N3O5S/c1-15-12-16(2-3-17(15)22-4-8-28-9-5-22)13-18-20(26)24(21(27)30-18)14-19(25)23-6-10-29-11-7-23/h2-3,12-13H,4-11,14H2,1H3/b18-13+. The highest BCUT2D eigenvalue weighted by atomic mass is 32.2. The van der Waals surface area contributed by atoms with Crippen molar-refractivity contribution in [2.75, 3.05) is 64.1 Å². The maximum absolute atomic E-state index is 12.7. The first-order valence-corrected chi connectivity index (χ1v) is 10.9. The number of aryl methyl sites for hydroxylation is 1. The van der Waals surface area contributed by atoms with Gasteiger partial charge in [0.1, 0.15) is 6.54 Å². The minimum Gasteiger partial charge on any atom is -0.378 e. The molecule has 0 aromatic heterocycles. The van der Waals surface area contributed by atoms with E-state index in [2.05, 4.69) is 4.90 Å². The van der Waals surface area contributed by atoms with Crippen molar-refractivity contribution >= 4 is 40.6 Å². The molecule has 4 rings (SSSR count). The molecule has 8 nitrogen and oxygen atoms in total. The van der Waals surface area contributed by atoms with Gasteiger partial charge in [-0.15, -0.1) is 0 Å². The third-order valence-corrected chi connectivity index (χ3v) is 6.31. The molecule has 3 saturated heterocycles. The summed E-state index contributed by atoms with van der Waals surface area (Å²) in [6.45, 7) is 6.90. The van der Waals surface area contributed by atoms with Crippen LogP contribution in [0, 0.1) is 6.92 Å². The Hall–Kier alpha value is -2.36. The van der Waals surface area contributed by atoms with Crippen LogP contribution in [0.1, 0.15) is 11.1 Å². The summed E-state index contributed by atoms with van der Waals surface area (Å²) in [4.78, 5) is 42.8. The first-order chi connectivity index (χ1) is 14.5. The van der Waals surface area contributed by atoms with Gasteiger partial charge in [0.25, 0.3) is 11.1 Å². The predicted molar refractivity (Wildman–Crippen MR) is 114 cm³/mol. The number of rotatable bonds is 4. The fraction of sp³-hybridized carbons (Fsp3) is 0.476. The number of carbonyl (C=O) groups is 3. The number of carbonyl (C=O) groups excluding carboxylic acids is 3. The molecule has 0 aliphatic carbocycles. The van der Waals surface area contributed by atoms with Crippen molar-refractivity contribution in [3.63, 3.8) is 0 Å². The van der Waals surface area contributed by atoms with E-state index in [1.54, 1.807) is 11.0 Å². The van der Waals surface area contributed by atoms with Crippen LogP contribution >= 0.6 is 11.8 Å². The highest BCUT2D eigenvalue weighted by Gasteiger charge is 2.37. The first-order valence-electron chi connectivity index (χ1n) is 10.1. The van der Waals surface area contributed by atoms with Crippen LogP contribution in [0.25, 0.3) is 6.08 Å². The lowest BCUT2D eigenvalue weighted by Crippen LogP contribution is -2.46. The summed E-state index contributed by atoms with van der Waals surface area (Å²) < 4.78 is 10.6. The highest BCUT2D eigenvalue weighted by Crippen LogP contribution is 2.33. The Labute approximate surface area is 179 Å². The zero-order chi connectivity index (χ0) is 21.1. The molecular formula is C21H25N3O5S. The Morgan fingerprint density at radius 2 is 1.73 bits per heavy atom. The Morgan fingerprint density at radius 3 is 2.40 bits per heavy atom. The molecule has 160 valence electrons. The van der Waals surface area contributed by atoms with Gasteiger partial charge >= 0.3 is 0 Å². The van der Waals surface area contributed by atoms with Crippen LogP contribution in [0.5, 0.6) is 0 Å². The zero-order valence-electron chi connectivity index (χ0n) is 17.0. The maximum atomic E-state index is 12.7. The van der Waals surface area contributed by atoms with E-state index in [1.165, 1.54) is 0 Å². The average Bonchev–Trinajstić information content (AvgIpc) is 3.02. The van der Waals surface area contributed by atoms with E-state index >= 15 is 0 Å². The Kier molecular flexibility index (Phi) is 6.40. The van der Waals surface area contributed by atoms with E-state index in [9.17, 15) is 14.4 Å². The van der Waals surface area contributed by atoms with Crippen LogP contribution in [-0.4, -0.2) is 86.0 Å². The fourth-order valence-corrected chi connectivity index (χ4v) is 4.60. The van der Waals surface area contributed by atoms with Gasteiger partial charge in [-0.2, -0.15) is 0 Å². The molecule has 0 unspecified atom stereocenters. The molecule has 0 radical (unpaired) electrons. The van der Waals surface area contributed by atoms with Crippen LogP contribution in [0.3, 0.4) is 0 Å². The van der Waals surface area contributed by atoms with Crippen molar-refractivity contribution in [3.05, 3.63) is 34.2 Å². The number of benzene rings is 1. The van der Waals surface area contributed by atoms with Crippen LogP contribution in [0.15, 0.2) is 23.1 Å². The lowest BCUT2D eigenvalue weighted by Gasteiger charge is -2.30. The third kappa shape index (κ3) is 4.53. The fourth-order valence-electron chi connectivity index (χ4n) is 3.76. The van der Waals surface area contributed by atoms with Crippen LogP contribution in [-0.2, 0) is 19.1 Å². The lowest BCUT2D eigenvalue weighted by atomic mass is 10.1. The van der Waals surface area contributed by atoms with Gasteiger partial charge in [-0.3, -0.25) is 19.3 Å². The van der Waals surface area contributed by atoms with E-state index in [4.69, 9.17) is 9.47 Å². The number of hydrogen-bond donors (Lipinski definition) is 0. The van der Waals surface area contributed by atoms with Gasteiger partial charge in [0, 0.05) is 31.9 Å². The molecule has 30 heavy (non-hydrogen) atoms. The molecule has 3 aliphatic rings. The lowest BCUT2D eigenvalue weighted by molar-refractivity contribution is -0.139. The van der Waals surface area contributed by atoms with Crippen molar-refractivity contribution in [2.45, 2.75) is 6.92 Å². The number of hydrogen-bond acceptors (Lipinski definition) is 7. The third-order valence-electron chi connectivity index (χ3n) is 5.40. The van der Waals surface area contributed by atoms with Gasteiger partial charge in [-0.05, 0) is 48.0 Å². The van der Waals surface area contributed by atoms with Crippen molar-refractivity contribution in [1.82, 2.24) is 9.80 Å². The number of morpholine rings is 2. The summed E-state index contributed by atoms with van der Waals surface area (Å²) in [5.41, 5.74) is 3.11. The first kappa shape index (κ1) is 20.9. The van der Waals surface area contributed by atoms with E-state index in [1.807, 2.05) is 25.1 Å². The molecule has 3 fully saturated rings. The van der Waals surface area contributed by atoms with Crippen molar-refractivity contribution in [3.8, 4) is 0 Å². The molecule has 3 aliphatic heterocycles. The molecule has 0 atom stereocenters. The van der Waals surface area contributed by atoms with E-state index in [-0.39, 0.29) is 12.5 Å². The molecule has 3 amide bonds. The highest BCUT2D eigenvalue weighted by molar-refractivity contribution is 8.18. The van der Waals surface area contributed by atoms with Crippen molar-refractivity contribution < 1.29 is 23.9 Å². The molecule has 3 heterocycles. The number of thioether (sulfide) groups is 1. The Bertz CT molecular complexity index is 875. The molecule has 0 saturated carbocycles. The molecule has 0 spiro atoms. The topological polar surface area (TPSA) is 79.4 Å². The van der Waals surface area contributed by atoms with Gasteiger partial charge < -0.3 is 19.3 Å². The smallest absolute Gasteiger partial charge is 0.294 e. The Morgan fingerprint density at radius 1 is 1.07 bits per heavy atom. The minimum atomic E-state index is -0.415. The second-order valence-electron chi connectivity index (χ2n) is 7.41. The number of nitrogens with zero attached hydrogens (tertiary/aromatic N) is 3. The largest absolute Gasteiger partial charge is 0.378 e. The monoisotopic (exact) mass is 431 g/mol. The van der Waals surface area contributed by atoms with Gasteiger partial charge in [0.2, 0.25) is 5.91 Å². The second-order valence-corrected chi connectivity index (χ2v) is 8.40. The number of ether oxygens (including phenoxy) is 2. The predicted octanol–water partition coefficient (Wildman–Crippen LogP) is 1.73. The summed E-state index contributed by atoms with van der Waals surface area (Å²) in [5.74, 6) is -0.644. The summed E-state index contributed by atoms with van der Waals surface area (Å²) in [5, 5.41) is -0.408. The maximum Gasteiger partial charge on any atom is 0.294 e. The van der Waals surface area contributed by atoms with Gasteiger partial charge in [-0.1, -0.05) is 6.07 Å². The SMILES string of the molecule is Cc1cc(/C=C2/SC(=O)N(CC(=O)N3CCOCC3)C2=O)ccc1N1CCOCC1. The minimum absolute atomic E-state index is 0.225. The second kappa shape index (κ2) is 9.20. The van der Waals surface area contributed by atoms with Gasteiger partial charge in [0.05, 0.1) is 31.3 Å². The molecule has 0 bridgehead atoms. The molecule has 1 aromatic rings. The number of imide groups is 1. The quantitative estimate of drug-likeness (QED) is 0.672. The van der Waals surface area contributed by atoms with Crippen molar-refractivity contribution in [2.24, 2.45) is 0 Å². The average molecular weight is 432 g/mol. The zero-order valence-corrected chi connectivity index (χ0v) is 17.8. The van der Waals surface area contributed by atoms with Crippen molar-refractivity contribution in [1.29, 1.82) is 0 Å². The van der Waals surface area contributed by atoms with Crippen LogP contribution < -0.4 is 4.90 Å². The molecular weight excluding hydrogens is 406 g/mol. The van der Waals surface area contributed by atoms with Gasteiger partial charge in [-0.25, -0.2) is 0 Å². The van der Waals surface area contributed by atoms with Crippen LogP contribution in [0.2, 0.25) is 0 Å². The number of anilines is 1. The van der Waals surface area contributed by atoms with E-state index in [0.717, 1.165) is 59.8 Å². The summed E-state index contributed by atoms with van der Waals surface area (Å²) in [7, 11) is 0. The molecule has 1 aromatic carbocycles. The summed E-state index contributed by atoms with van der Waals surface area (Å²) in [6.07, 6.45) is 1.72. The van der Waals surface area contributed by atoms with E-state index in [0.29, 0.717) is 31.2 Å². The number of amides is 3. The summed E-state index contributed by atoms with van der Waals surface area (Å²) >= 11 is 0.880.